The molecule has 0 aliphatic rings. The highest BCUT2D eigenvalue weighted by molar-refractivity contribution is 6.26. The molecular formula is C88H52O2. The molecule has 0 saturated carbocycles. The van der Waals surface area contributed by atoms with Crippen molar-refractivity contribution < 1.29 is 8.83 Å². The Morgan fingerprint density at radius 1 is 0.156 bits per heavy atom. The van der Waals surface area contributed by atoms with Gasteiger partial charge in [-0.25, -0.2) is 0 Å². The standard InChI is InChI=1S/C88H52O2/c1-2-20-54(21-3-1)77-52-83-79(66-23-14-15-38-81(66)89-83)51-80(77)87-73-30-12-10-28-71(73)85(72-29-11-13-31-74(72)87)60-44-41-56-47-58(42-40-57(56)49-60)62-32-16-34-64-63(62)33-17-35-65(64)75-36-18-37-76-78-50-61(45-46-82(78)90-88(75)76)86-69-26-8-6-24-67(69)84(68-25-7-9-27-70(68)86)59-43-39-53-19-4-5-22-55(53)48-59/h1-52H. The number of benzene rings is 17. The van der Waals surface area contributed by atoms with Gasteiger partial charge in [0.1, 0.15) is 22.3 Å². The van der Waals surface area contributed by atoms with Gasteiger partial charge in [-0.2, -0.15) is 0 Å². The molecular weight excluding hydrogens is 1090 g/mol. The van der Waals surface area contributed by atoms with Crippen LogP contribution >= 0.6 is 0 Å². The fraction of sp³-hybridized carbons (Fsp3) is 0. The molecule has 0 atom stereocenters. The third kappa shape index (κ3) is 7.71. The van der Waals surface area contributed by atoms with Crippen LogP contribution in [0.25, 0.3) is 197 Å². The van der Waals surface area contributed by atoms with Crippen LogP contribution in [0.4, 0.5) is 0 Å². The molecule has 0 N–H and O–H groups in total. The molecule has 0 aliphatic heterocycles. The Labute approximate surface area is 518 Å². The molecule has 0 fully saturated rings. The molecule has 90 heavy (non-hydrogen) atoms. The van der Waals surface area contributed by atoms with E-state index in [2.05, 4.69) is 309 Å². The largest absolute Gasteiger partial charge is 0.456 e. The van der Waals surface area contributed by atoms with E-state index in [-0.39, 0.29) is 0 Å². The van der Waals surface area contributed by atoms with E-state index < -0.39 is 0 Å². The summed E-state index contributed by atoms with van der Waals surface area (Å²) in [6.45, 7) is 0. The molecule has 0 amide bonds. The van der Waals surface area contributed by atoms with Crippen molar-refractivity contribution in [1.29, 1.82) is 0 Å². The van der Waals surface area contributed by atoms with Crippen LogP contribution in [-0.2, 0) is 0 Å². The summed E-state index contributed by atoms with van der Waals surface area (Å²) in [4.78, 5) is 0. The van der Waals surface area contributed by atoms with Crippen LogP contribution < -0.4 is 0 Å². The first-order valence-electron chi connectivity index (χ1n) is 31.0. The van der Waals surface area contributed by atoms with E-state index in [1.165, 1.54) is 125 Å². The zero-order valence-electron chi connectivity index (χ0n) is 48.8. The van der Waals surface area contributed by atoms with E-state index >= 15 is 0 Å². The molecule has 2 aromatic heterocycles. The Balaban J connectivity index is 0.704. The molecule has 416 valence electrons. The quantitative estimate of drug-likeness (QED) is 0.149. The summed E-state index contributed by atoms with van der Waals surface area (Å²) in [5, 5.41) is 21.5. The molecule has 0 bridgehead atoms. The highest BCUT2D eigenvalue weighted by Gasteiger charge is 2.24. The lowest BCUT2D eigenvalue weighted by molar-refractivity contribution is 0.669. The minimum Gasteiger partial charge on any atom is -0.456 e. The Morgan fingerprint density at radius 3 is 1.19 bits per heavy atom. The first-order valence-corrected chi connectivity index (χ1v) is 31.0. The molecule has 19 aromatic rings. The third-order valence-electron chi connectivity index (χ3n) is 19.2. The van der Waals surface area contributed by atoms with Crippen molar-refractivity contribution >= 4 is 119 Å². The maximum Gasteiger partial charge on any atom is 0.143 e. The summed E-state index contributed by atoms with van der Waals surface area (Å²) in [5.74, 6) is 0. The van der Waals surface area contributed by atoms with E-state index in [1.54, 1.807) is 0 Å². The zero-order chi connectivity index (χ0) is 59.0. The summed E-state index contributed by atoms with van der Waals surface area (Å²) >= 11 is 0. The van der Waals surface area contributed by atoms with Gasteiger partial charge < -0.3 is 8.83 Å². The zero-order valence-corrected chi connectivity index (χ0v) is 48.8. The number of fused-ring (bicyclic) bond motifs is 13. The summed E-state index contributed by atoms with van der Waals surface area (Å²) < 4.78 is 13.5. The van der Waals surface area contributed by atoms with Crippen LogP contribution in [0.2, 0.25) is 0 Å². The van der Waals surface area contributed by atoms with Gasteiger partial charge >= 0.3 is 0 Å². The molecule has 0 saturated heterocycles. The van der Waals surface area contributed by atoms with E-state index in [0.717, 1.165) is 71.7 Å². The number of furan rings is 2. The van der Waals surface area contributed by atoms with Crippen molar-refractivity contribution in [2.24, 2.45) is 0 Å². The van der Waals surface area contributed by atoms with E-state index in [4.69, 9.17) is 8.83 Å². The predicted octanol–water partition coefficient (Wildman–Crippen LogP) is 25.2. The van der Waals surface area contributed by atoms with Crippen LogP contribution in [0.5, 0.6) is 0 Å². The third-order valence-corrected chi connectivity index (χ3v) is 19.2. The average Bonchev–Trinajstić information content (AvgIpc) is 0.979. The SMILES string of the molecule is c1ccc(-c2cc3oc4ccccc4c3cc2-c2c3ccccc3c(-c3ccc4cc(-c5cccc6c(-c7cccc8c7oc7ccc(-c9c%10ccccc%10c(-c%10ccc%11ccccc%11c%10)c%10ccccc9%10)cc78)cccc56)ccc4c3)c3ccccc23)cc1. The van der Waals surface area contributed by atoms with Crippen molar-refractivity contribution in [2.45, 2.75) is 0 Å². The van der Waals surface area contributed by atoms with Gasteiger partial charge in [-0.3, -0.25) is 0 Å². The van der Waals surface area contributed by atoms with Gasteiger partial charge in [0.25, 0.3) is 0 Å². The van der Waals surface area contributed by atoms with Crippen LogP contribution in [0.1, 0.15) is 0 Å². The first kappa shape index (κ1) is 50.3. The van der Waals surface area contributed by atoms with Crippen LogP contribution in [-0.4, -0.2) is 0 Å². The smallest absolute Gasteiger partial charge is 0.143 e. The Hall–Kier alpha value is -11.8. The predicted molar refractivity (Wildman–Crippen MR) is 382 cm³/mol. The van der Waals surface area contributed by atoms with Gasteiger partial charge in [0, 0.05) is 27.1 Å². The molecule has 2 heteroatoms. The molecule has 0 spiro atoms. The number of hydrogen-bond acceptors (Lipinski definition) is 2. The lowest BCUT2D eigenvalue weighted by atomic mass is 9.83. The van der Waals surface area contributed by atoms with Crippen molar-refractivity contribution in [3.8, 4) is 77.9 Å². The summed E-state index contributed by atoms with van der Waals surface area (Å²) in [6.07, 6.45) is 0. The van der Waals surface area contributed by atoms with E-state index in [9.17, 15) is 0 Å². The minimum atomic E-state index is 0.871. The normalized spacial score (nSPS) is 12.0. The molecule has 19 rings (SSSR count). The maximum atomic E-state index is 6.99. The lowest BCUT2D eigenvalue weighted by Gasteiger charge is -2.20. The summed E-state index contributed by atoms with van der Waals surface area (Å²) in [6, 6.07) is 116. The van der Waals surface area contributed by atoms with Crippen molar-refractivity contribution in [3.63, 3.8) is 0 Å². The van der Waals surface area contributed by atoms with Gasteiger partial charge in [0.2, 0.25) is 0 Å². The molecule has 2 heterocycles. The van der Waals surface area contributed by atoms with Gasteiger partial charge in [0.05, 0.1) is 0 Å². The van der Waals surface area contributed by atoms with Gasteiger partial charge in [-0.05, 0) is 196 Å². The van der Waals surface area contributed by atoms with E-state index in [0.29, 0.717) is 0 Å². The van der Waals surface area contributed by atoms with Crippen molar-refractivity contribution in [1.82, 2.24) is 0 Å². The summed E-state index contributed by atoms with van der Waals surface area (Å²) in [5.41, 5.74) is 20.1. The van der Waals surface area contributed by atoms with Gasteiger partial charge in [0.15, 0.2) is 0 Å². The number of rotatable bonds is 7. The molecule has 17 aromatic carbocycles. The maximum absolute atomic E-state index is 6.99. The minimum absolute atomic E-state index is 0.871. The molecule has 0 radical (unpaired) electrons. The first-order chi connectivity index (χ1) is 44.6. The highest BCUT2D eigenvalue weighted by Crippen LogP contribution is 2.50. The molecule has 0 unspecified atom stereocenters. The second-order valence-electron chi connectivity index (χ2n) is 24.1. The molecule has 0 aliphatic carbocycles. The fourth-order valence-electron chi connectivity index (χ4n) is 15.2. The second-order valence-corrected chi connectivity index (χ2v) is 24.1. The van der Waals surface area contributed by atoms with Crippen molar-refractivity contribution in [3.05, 3.63) is 315 Å². The van der Waals surface area contributed by atoms with Crippen LogP contribution in [0.3, 0.4) is 0 Å². The Morgan fingerprint density at radius 2 is 0.567 bits per heavy atom. The molecule has 2 nitrogen and oxygen atoms in total. The topological polar surface area (TPSA) is 26.3 Å². The number of para-hydroxylation sites is 2. The average molecular weight is 1140 g/mol. The van der Waals surface area contributed by atoms with Gasteiger partial charge in [-0.1, -0.05) is 267 Å². The number of hydrogen-bond donors (Lipinski definition) is 0. The highest BCUT2D eigenvalue weighted by atomic mass is 16.3. The Bertz CT molecular complexity index is 6100. The van der Waals surface area contributed by atoms with E-state index in [1.807, 2.05) is 6.07 Å². The van der Waals surface area contributed by atoms with Gasteiger partial charge in [-0.15, -0.1) is 0 Å². The van der Waals surface area contributed by atoms with Crippen molar-refractivity contribution in [2.75, 3.05) is 0 Å². The monoisotopic (exact) mass is 1140 g/mol. The van der Waals surface area contributed by atoms with Crippen LogP contribution in [0, 0.1) is 0 Å². The van der Waals surface area contributed by atoms with Crippen LogP contribution in [0.15, 0.2) is 324 Å². The summed E-state index contributed by atoms with van der Waals surface area (Å²) in [7, 11) is 0. The lowest BCUT2D eigenvalue weighted by Crippen LogP contribution is -1.93. The second kappa shape index (κ2) is 19.8. The fourth-order valence-corrected chi connectivity index (χ4v) is 15.2. The Kier molecular flexibility index (Phi) is 11.1.